The van der Waals surface area contributed by atoms with E-state index in [1.807, 2.05) is 18.2 Å². The molecule has 0 unspecified atom stereocenters. The highest BCUT2D eigenvalue weighted by Gasteiger charge is 2.28. The zero-order valence-corrected chi connectivity index (χ0v) is 16.0. The third kappa shape index (κ3) is 3.88. The molecular weight excluding hydrogens is 364 g/mol. The number of amides is 1. The summed E-state index contributed by atoms with van der Waals surface area (Å²) in [6.45, 7) is 1.08. The molecule has 0 radical (unpaired) electrons. The van der Waals surface area contributed by atoms with Crippen molar-refractivity contribution >= 4 is 21.6 Å². The molecule has 0 bridgehead atoms. The zero-order valence-electron chi connectivity index (χ0n) is 15.2. The van der Waals surface area contributed by atoms with Gasteiger partial charge in [-0.25, -0.2) is 8.42 Å². The fourth-order valence-corrected chi connectivity index (χ4v) is 5.55. The number of furan rings is 1. The Kier molecular flexibility index (Phi) is 4.95. The number of hydrogen-bond acceptors (Lipinski definition) is 4. The van der Waals surface area contributed by atoms with E-state index >= 15 is 0 Å². The molecule has 1 aromatic heterocycles. The maximum absolute atomic E-state index is 12.7. The van der Waals surface area contributed by atoms with E-state index in [0.29, 0.717) is 24.5 Å². The molecule has 6 nitrogen and oxygen atoms in total. The van der Waals surface area contributed by atoms with Crippen LogP contribution in [0.1, 0.15) is 53.8 Å². The molecule has 4 rings (SSSR count). The van der Waals surface area contributed by atoms with Crippen LogP contribution in [0.2, 0.25) is 0 Å². The van der Waals surface area contributed by atoms with Crippen LogP contribution in [0.4, 0.5) is 5.69 Å². The number of rotatable bonds is 4. The number of hydrogen-bond donors (Lipinski definition) is 1. The van der Waals surface area contributed by atoms with E-state index in [1.54, 1.807) is 17.0 Å². The summed E-state index contributed by atoms with van der Waals surface area (Å²) in [5.41, 5.74) is 2.70. The molecule has 27 heavy (non-hydrogen) atoms. The number of nitrogens with one attached hydrogen (secondary N) is 1. The molecule has 1 aromatic carbocycles. The molecular formula is C20H24N2O4S. The molecule has 1 aliphatic heterocycles. The number of benzene rings is 1. The van der Waals surface area contributed by atoms with Crippen LogP contribution in [-0.4, -0.2) is 31.0 Å². The molecule has 1 saturated carbocycles. The van der Waals surface area contributed by atoms with Gasteiger partial charge < -0.3 is 9.32 Å². The van der Waals surface area contributed by atoms with Crippen LogP contribution in [0.5, 0.6) is 0 Å². The first-order chi connectivity index (χ1) is 13.0. The summed E-state index contributed by atoms with van der Waals surface area (Å²) in [5.74, 6) is 0.187. The van der Waals surface area contributed by atoms with Crippen molar-refractivity contribution in [2.45, 2.75) is 50.3 Å². The molecule has 144 valence electrons. The lowest BCUT2D eigenvalue weighted by atomic mass is 9.99. The van der Waals surface area contributed by atoms with Crippen LogP contribution in [0.15, 0.2) is 41.0 Å². The lowest BCUT2D eigenvalue weighted by Gasteiger charge is -2.29. The van der Waals surface area contributed by atoms with Gasteiger partial charge >= 0.3 is 0 Å². The molecule has 0 saturated heterocycles. The maximum Gasteiger partial charge on any atom is 0.289 e. The molecule has 1 N–H and O–H groups in total. The molecule has 1 amide bonds. The Labute approximate surface area is 159 Å². The van der Waals surface area contributed by atoms with E-state index in [2.05, 4.69) is 4.72 Å². The minimum absolute atomic E-state index is 0.140. The Bertz CT molecular complexity index is 915. The third-order valence-electron chi connectivity index (χ3n) is 5.49. The Hall–Kier alpha value is -2.28. The van der Waals surface area contributed by atoms with Gasteiger partial charge in [0.1, 0.15) is 0 Å². The molecule has 2 aromatic rings. The van der Waals surface area contributed by atoms with Crippen molar-refractivity contribution < 1.29 is 17.6 Å². The summed E-state index contributed by atoms with van der Waals surface area (Å²) in [7, 11) is -3.37. The van der Waals surface area contributed by atoms with Gasteiger partial charge in [-0.15, -0.1) is 0 Å². The maximum atomic E-state index is 12.7. The van der Waals surface area contributed by atoms with Crippen molar-refractivity contribution in [1.82, 2.24) is 4.90 Å². The predicted molar refractivity (Wildman–Crippen MR) is 103 cm³/mol. The minimum Gasteiger partial charge on any atom is -0.459 e. The number of fused-ring (bicyclic) bond motifs is 1. The molecule has 0 spiro atoms. The highest BCUT2D eigenvalue weighted by molar-refractivity contribution is 7.93. The smallest absolute Gasteiger partial charge is 0.289 e. The quantitative estimate of drug-likeness (QED) is 0.869. The minimum atomic E-state index is -3.37. The van der Waals surface area contributed by atoms with Gasteiger partial charge in [-0.05, 0) is 54.7 Å². The van der Waals surface area contributed by atoms with Crippen molar-refractivity contribution in [1.29, 1.82) is 0 Å². The summed E-state index contributed by atoms with van der Waals surface area (Å²) in [5, 5.41) is -0.306. The summed E-state index contributed by atoms with van der Waals surface area (Å²) < 4.78 is 33.3. The Morgan fingerprint density at radius 2 is 1.93 bits per heavy atom. The normalized spacial score (nSPS) is 18.1. The van der Waals surface area contributed by atoms with E-state index < -0.39 is 10.0 Å². The molecule has 0 atom stereocenters. The largest absolute Gasteiger partial charge is 0.459 e. The second kappa shape index (κ2) is 7.38. The Morgan fingerprint density at radius 1 is 1.11 bits per heavy atom. The van der Waals surface area contributed by atoms with Crippen molar-refractivity contribution in [3.05, 3.63) is 53.5 Å². The van der Waals surface area contributed by atoms with Gasteiger partial charge in [-0.3, -0.25) is 9.52 Å². The van der Waals surface area contributed by atoms with Crippen molar-refractivity contribution in [2.75, 3.05) is 11.3 Å². The van der Waals surface area contributed by atoms with Crippen LogP contribution >= 0.6 is 0 Å². The second-order valence-electron chi connectivity index (χ2n) is 7.34. The monoisotopic (exact) mass is 388 g/mol. The predicted octanol–water partition coefficient (Wildman–Crippen LogP) is 3.55. The van der Waals surface area contributed by atoms with Crippen LogP contribution in [0.3, 0.4) is 0 Å². The van der Waals surface area contributed by atoms with Gasteiger partial charge in [0.25, 0.3) is 5.91 Å². The zero-order chi connectivity index (χ0) is 18.9. The summed E-state index contributed by atoms with van der Waals surface area (Å²) >= 11 is 0. The fourth-order valence-electron chi connectivity index (χ4n) is 3.97. The van der Waals surface area contributed by atoms with Gasteiger partial charge in [0.2, 0.25) is 10.0 Å². The van der Waals surface area contributed by atoms with Crippen LogP contribution < -0.4 is 4.72 Å². The lowest BCUT2D eigenvalue weighted by Crippen LogP contribution is -2.36. The van der Waals surface area contributed by atoms with Crippen molar-refractivity contribution in [3.8, 4) is 0 Å². The summed E-state index contributed by atoms with van der Waals surface area (Å²) in [6, 6.07) is 9.00. The van der Waals surface area contributed by atoms with Crippen LogP contribution in [0, 0.1) is 0 Å². The molecule has 2 aliphatic rings. The van der Waals surface area contributed by atoms with Crippen molar-refractivity contribution in [2.24, 2.45) is 0 Å². The van der Waals surface area contributed by atoms with E-state index in [1.165, 1.54) is 6.26 Å². The molecule has 1 aliphatic carbocycles. The van der Waals surface area contributed by atoms with Gasteiger partial charge in [0, 0.05) is 18.8 Å². The van der Waals surface area contributed by atoms with Gasteiger partial charge in [-0.2, -0.15) is 0 Å². The van der Waals surface area contributed by atoms with Crippen LogP contribution in [-0.2, 0) is 23.0 Å². The fraction of sp³-hybridized carbons (Fsp3) is 0.450. The third-order valence-corrected chi connectivity index (χ3v) is 7.36. The second-order valence-corrected chi connectivity index (χ2v) is 9.31. The molecule has 7 heteroatoms. The average Bonchev–Trinajstić information content (AvgIpc) is 3.22. The van der Waals surface area contributed by atoms with Gasteiger partial charge in [0.15, 0.2) is 5.76 Å². The Balaban J connectivity index is 1.50. The standard InChI is InChI=1S/C20H24N2O4S/c23-20(19-7-4-12-26-19)22-11-10-15-8-9-17(13-16(15)14-22)21-27(24,25)18-5-2-1-3-6-18/h4,7-9,12-13,18,21H,1-3,5-6,10-11,14H2. The number of carbonyl (C=O) groups excluding carboxylic acids is 1. The van der Waals surface area contributed by atoms with E-state index in [4.69, 9.17) is 4.42 Å². The lowest BCUT2D eigenvalue weighted by molar-refractivity contribution is 0.0702. The first kappa shape index (κ1) is 18.1. The molecule has 1 fully saturated rings. The van der Waals surface area contributed by atoms with E-state index in [-0.39, 0.29) is 11.2 Å². The van der Waals surface area contributed by atoms with Gasteiger partial charge in [0.05, 0.1) is 11.5 Å². The number of anilines is 1. The van der Waals surface area contributed by atoms with Crippen molar-refractivity contribution in [3.63, 3.8) is 0 Å². The summed E-state index contributed by atoms with van der Waals surface area (Å²) in [6.07, 6.45) is 6.75. The summed E-state index contributed by atoms with van der Waals surface area (Å²) in [4.78, 5) is 14.2. The molecule has 2 heterocycles. The SMILES string of the molecule is O=C(c1ccco1)N1CCc2ccc(NS(=O)(=O)C3CCCCC3)cc2C1. The number of sulfonamides is 1. The highest BCUT2D eigenvalue weighted by atomic mass is 32.2. The number of nitrogens with zero attached hydrogens (tertiary/aromatic N) is 1. The topological polar surface area (TPSA) is 79.6 Å². The van der Waals surface area contributed by atoms with E-state index in [0.717, 1.165) is 49.7 Å². The highest BCUT2D eigenvalue weighted by Crippen LogP contribution is 2.28. The average molecular weight is 388 g/mol. The van der Waals surface area contributed by atoms with Crippen LogP contribution in [0.25, 0.3) is 0 Å². The first-order valence-electron chi connectivity index (χ1n) is 9.49. The van der Waals surface area contributed by atoms with Gasteiger partial charge in [-0.1, -0.05) is 25.3 Å². The van der Waals surface area contributed by atoms with E-state index in [9.17, 15) is 13.2 Å². The Morgan fingerprint density at radius 3 is 2.67 bits per heavy atom. The number of carbonyl (C=O) groups is 1. The first-order valence-corrected chi connectivity index (χ1v) is 11.0.